The van der Waals surface area contributed by atoms with E-state index in [9.17, 15) is 5.11 Å². The molecular formula is C7H13Br2O. The van der Waals surface area contributed by atoms with Gasteiger partial charge in [-0.15, -0.1) is 0 Å². The van der Waals surface area contributed by atoms with Crippen LogP contribution in [0.1, 0.15) is 26.2 Å². The summed E-state index contributed by atoms with van der Waals surface area (Å²) in [6.07, 6.45) is 2.15. The maximum absolute atomic E-state index is 11.0. The first-order valence-corrected chi connectivity index (χ1v) is 5.60. The van der Waals surface area contributed by atoms with E-state index in [2.05, 4.69) is 31.9 Å². The quantitative estimate of drug-likeness (QED) is 0.686. The van der Waals surface area contributed by atoms with Crippen molar-refractivity contribution in [2.24, 2.45) is 0 Å². The number of hydrogen-bond donors (Lipinski definition) is 0. The molecule has 10 heavy (non-hydrogen) atoms. The molecule has 0 aliphatic rings. The molecule has 0 aliphatic heterocycles. The Morgan fingerprint density at radius 1 is 1.50 bits per heavy atom. The van der Waals surface area contributed by atoms with Gasteiger partial charge in [-0.2, -0.15) is 0 Å². The van der Waals surface area contributed by atoms with Gasteiger partial charge in [0, 0.05) is 10.2 Å². The molecule has 3 heteroatoms. The normalized spacial score (nSPS) is 16.8. The van der Waals surface area contributed by atoms with Crippen LogP contribution in [0.4, 0.5) is 0 Å². The first-order valence-electron chi connectivity index (χ1n) is 3.56. The Kier molecular flexibility index (Phi) is 7.23. The van der Waals surface area contributed by atoms with Gasteiger partial charge in [0.15, 0.2) is 0 Å². The molecule has 0 N–H and O–H groups in total. The number of alkyl halides is 2. The van der Waals surface area contributed by atoms with Gasteiger partial charge < -0.3 is 0 Å². The molecule has 0 aliphatic carbocycles. The van der Waals surface area contributed by atoms with E-state index in [1.807, 2.05) is 6.92 Å². The van der Waals surface area contributed by atoms with E-state index in [1.54, 1.807) is 0 Å². The summed E-state index contributed by atoms with van der Waals surface area (Å²) in [6, 6.07) is 0. The Morgan fingerprint density at radius 2 is 2.10 bits per heavy atom. The van der Waals surface area contributed by atoms with Gasteiger partial charge in [-0.1, -0.05) is 45.2 Å². The Balaban J connectivity index is 3.27. The van der Waals surface area contributed by atoms with Crippen molar-refractivity contribution in [3.63, 3.8) is 0 Å². The van der Waals surface area contributed by atoms with E-state index in [4.69, 9.17) is 0 Å². The second-order valence-electron chi connectivity index (χ2n) is 2.40. The zero-order valence-corrected chi connectivity index (χ0v) is 9.32. The van der Waals surface area contributed by atoms with Gasteiger partial charge in [-0.25, -0.2) is 5.11 Å². The SMILES string of the molecule is CCCC([O])CC(Br)CBr. The standard InChI is InChI=1S/C7H13Br2O/c1-2-3-7(10)4-6(9)5-8/h6-7H,2-5H2,1H3. The summed E-state index contributed by atoms with van der Waals surface area (Å²) in [7, 11) is 0. The molecule has 0 fully saturated rings. The summed E-state index contributed by atoms with van der Waals surface area (Å²) in [5.41, 5.74) is 0. The Bertz CT molecular complexity index is 78.0. The van der Waals surface area contributed by atoms with Crippen LogP contribution < -0.4 is 0 Å². The number of hydrogen-bond acceptors (Lipinski definition) is 0. The third kappa shape index (κ3) is 5.69. The van der Waals surface area contributed by atoms with Gasteiger partial charge in [0.1, 0.15) is 0 Å². The molecule has 0 spiro atoms. The summed E-state index contributed by atoms with van der Waals surface area (Å²) in [6.45, 7) is 2.04. The molecule has 0 saturated carbocycles. The first kappa shape index (κ1) is 10.9. The molecular weight excluding hydrogens is 260 g/mol. The highest BCUT2D eigenvalue weighted by Crippen LogP contribution is 2.13. The molecule has 1 nitrogen and oxygen atoms in total. The van der Waals surface area contributed by atoms with Crippen molar-refractivity contribution in [3.05, 3.63) is 0 Å². The highest BCUT2D eigenvalue weighted by molar-refractivity contribution is 9.12. The molecule has 0 aromatic heterocycles. The van der Waals surface area contributed by atoms with Crippen molar-refractivity contribution in [1.29, 1.82) is 0 Å². The molecule has 0 bridgehead atoms. The van der Waals surface area contributed by atoms with E-state index in [1.165, 1.54) is 0 Å². The molecule has 0 saturated heterocycles. The van der Waals surface area contributed by atoms with Crippen LogP contribution in [0.3, 0.4) is 0 Å². The minimum atomic E-state index is -0.382. The lowest BCUT2D eigenvalue weighted by Gasteiger charge is -2.09. The zero-order valence-electron chi connectivity index (χ0n) is 6.15. The highest BCUT2D eigenvalue weighted by Gasteiger charge is 2.10. The van der Waals surface area contributed by atoms with Gasteiger partial charge >= 0.3 is 0 Å². The molecule has 0 heterocycles. The largest absolute Gasteiger partial charge is 0.233 e. The lowest BCUT2D eigenvalue weighted by atomic mass is 10.1. The van der Waals surface area contributed by atoms with Crippen molar-refractivity contribution in [2.45, 2.75) is 37.1 Å². The molecule has 61 valence electrons. The molecule has 2 unspecified atom stereocenters. The molecule has 0 aromatic rings. The van der Waals surface area contributed by atoms with E-state index >= 15 is 0 Å². The maximum Gasteiger partial charge on any atom is 0.0941 e. The van der Waals surface area contributed by atoms with Crippen LogP contribution in [0, 0.1) is 0 Å². The second-order valence-corrected chi connectivity index (χ2v) is 4.34. The minimum Gasteiger partial charge on any atom is -0.233 e. The second kappa shape index (κ2) is 6.62. The predicted molar refractivity (Wildman–Crippen MR) is 50.5 cm³/mol. The van der Waals surface area contributed by atoms with Gasteiger partial charge in [0.05, 0.1) is 6.10 Å². The van der Waals surface area contributed by atoms with Gasteiger partial charge in [0.2, 0.25) is 0 Å². The van der Waals surface area contributed by atoms with Gasteiger partial charge in [0.25, 0.3) is 0 Å². The first-order chi connectivity index (χ1) is 4.70. The maximum atomic E-state index is 11.0. The molecule has 0 amide bonds. The van der Waals surface area contributed by atoms with Crippen LogP contribution in [0.15, 0.2) is 0 Å². The molecule has 0 aromatic carbocycles. The summed E-state index contributed by atoms with van der Waals surface area (Å²) in [5, 5.41) is 11.9. The average Bonchev–Trinajstić information content (AvgIpc) is 1.88. The summed E-state index contributed by atoms with van der Waals surface area (Å²) < 4.78 is 0. The van der Waals surface area contributed by atoms with Crippen molar-refractivity contribution in [3.8, 4) is 0 Å². The van der Waals surface area contributed by atoms with Crippen molar-refractivity contribution in [1.82, 2.24) is 0 Å². The number of halogens is 2. The Labute approximate surface area is 79.5 Å². The van der Waals surface area contributed by atoms with E-state index in [0.29, 0.717) is 4.83 Å². The van der Waals surface area contributed by atoms with Gasteiger partial charge in [-0.05, 0) is 12.8 Å². The van der Waals surface area contributed by atoms with Crippen LogP contribution in [0.2, 0.25) is 0 Å². The monoisotopic (exact) mass is 271 g/mol. The van der Waals surface area contributed by atoms with Crippen molar-refractivity contribution < 1.29 is 5.11 Å². The van der Waals surface area contributed by atoms with Crippen LogP contribution in [0.5, 0.6) is 0 Å². The Hall–Kier alpha value is 0.920. The van der Waals surface area contributed by atoms with E-state index in [0.717, 1.165) is 24.6 Å². The zero-order chi connectivity index (χ0) is 7.98. The lowest BCUT2D eigenvalue weighted by molar-refractivity contribution is 0.0744. The third-order valence-corrected chi connectivity index (χ3v) is 3.64. The molecule has 2 atom stereocenters. The topological polar surface area (TPSA) is 19.9 Å². The van der Waals surface area contributed by atoms with Crippen LogP contribution >= 0.6 is 31.9 Å². The average molecular weight is 273 g/mol. The fourth-order valence-corrected chi connectivity index (χ4v) is 1.47. The molecule has 0 rings (SSSR count). The Morgan fingerprint density at radius 3 is 2.50 bits per heavy atom. The lowest BCUT2D eigenvalue weighted by Crippen LogP contribution is -2.12. The van der Waals surface area contributed by atoms with E-state index < -0.39 is 0 Å². The fraction of sp³-hybridized carbons (Fsp3) is 1.00. The van der Waals surface area contributed by atoms with Crippen LogP contribution in [-0.4, -0.2) is 16.3 Å². The highest BCUT2D eigenvalue weighted by atomic mass is 79.9. The smallest absolute Gasteiger partial charge is 0.0941 e. The van der Waals surface area contributed by atoms with Crippen LogP contribution in [0.25, 0.3) is 0 Å². The minimum absolute atomic E-state index is 0.349. The molecule has 1 radical (unpaired) electrons. The van der Waals surface area contributed by atoms with Crippen molar-refractivity contribution >= 4 is 31.9 Å². The van der Waals surface area contributed by atoms with Gasteiger partial charge in [-0.3, -0.25) is 0 Å². The van der Waals surface area contributed by atoms with Crippen molar-refractivity contribution in [2.75, 3.05) is 5.33 Å². The predicted octanol–water partition coefficient (Wildman–Crippen LogP) is 3.13. The van der Waals surface area contributed by atoms with E-state index in [-0.39, 0.29) is 6.10 Å². The number of rotatable bonds is 5. The fourth-order valence-electron chi connectivity index (χ4n) is 0.788. The third-order valence-electron chi connectivity index (χ3n) is 1.30. The summed E-state index contributed by atoms with van der Waals surface area (Å²) >= 11 is 6.71. The summed E-state index contributed by atoms with van der Waals surface area (Å²) in [5.74, 6) is 0. The summed E-state index contributed by atoms with van der Waals surface area (Å²) in [4.78, 5) is 0.349. The van der Waals surface area contributed by atoms with Crippen LogP contribution in [-0.2, 0) is 5.11 Å².